The van der Waals surface area contributed by atoms with Gasteiger partial charge in [0, 0.05) is 17.0 Å². The number of carbonyl (C=O) groups excluding carboxylic acids is 4. The number of imide groups is 1. The lowest BCUT2D eigenvalue weighted by Crippen LogP contribution is -2.54. The smallest absolute Gasteiger partial charge is 0.326 e. The summed E-state index contributed by atoms with van der Waals surface area (Å²) in [5.74, 6) is -0.523. The molecule has 0 radical (unpaired) electrons. The Morgan fingerprint density at radius 3 is 2.63 bits per heavy atom. The average molecular weight is 484 g/mol. The third kappa shape index (κ3) is 4.90. The van der Waals surface area contributed by atoms with Crippen LogP contribution in [0.5, 0.6) is 0 Å². The van der Waals surface area contributed by atoms with Gasteiger partial charge < -0.3 is 19.0 Å². The van der Waals surface area contributed by atoms with Gasteiger partial charge in [0.25, 0.3) is 5.91 Å². The van der Waals surface area contributed by atoms with Gasteiger partial charge in [0.1, 0.15) is 17.8 Å². The second kappa shape index (κ2) is 9.02. The molecule has 9 heteroatoms. The van der Waals surface area contributed by atoms with Crippen molar-refractivity contribution >= 4 is 23.7 Å². The van der Waals surface area contributed by atoms with E-state index in [2.05, 4.69) is 26.1 Å². The van der Waals surface area contributed by atoms with Crippen molar-refractivity contribution in [3.63, 3.8) is 0 Å². The lowest BCUT2D eigenvalue weighted by Gasteiger charge is -2.43. The number of Topliss-reactive ketones (excluding diaryl/α,β-unsaturated/α-hetero) is 1. The topological polar surface area (TPSA) is 111 Å². The molecule has 1 spiro atoms. The summed E-state index contributed by atoms with van der Waals surface area (Å²) in [6.07, 6.45) is 3.62. The number of nitrogens with zero attached hydrogens (tertiary/aromatic N) is 2. The Hall–Kier alpha value is -3.36. The van der Waals surface area contributed by atoms with Gasteiger partial charge in [0.05, 0.1) is 12.8 Å². The standard InChI is InChI=1S/C26H33N3O6/c1-16-10-25(4,5)15-26(11-16)23(32)29(24(33)27-26)13-22(31)35-14-21(30)20-9-17(2)28(18(20)3)12-19-7-6-8-34-19/h6-9,16H,10-15H2,1-5H3,(H,27,33). The van der Waals surface area contributed by atoms with Crippen LogP contribution in [0.1, 0.15) is 67.5 Å². The van der Waals surface area contributed by atoms with Gasteiger partial charge in [0.2, 0.25) is 5.78 Å². The number of nitrogens with one attached hydrogen (secondary N) is 1. The van der Waals surface area contributed by atoms with E-state index in [9.17, 15) is 19.2 Å². The first kappa shape index (κ1) is 24.8. The van der Waals surface area contributed by atoms with Crippen LogP contribution in [0.3, 0.4) is 0 Å². The van der Waals surface area contributed by atoms with Gasteiger partial charge in [-0.1, -0.05) is 20.8 Å². The van der Waals surface area contributed by atoms with Gasteiger partial charge >= 0.3 is 12.0 Å². The minimum absolute atomic E-state index is 0.104. The number of esters is 1. The first-order valence-electron chi connectivity index (χ1n) is 11.9. The number of ether oxygens (including phenoxy) is 1. The Kier molecular flexibility index (Phi) is 6.38. The molecule has 2 fully saturated rings. The first-order chi connectivity index (χ1) is 16.4. The Morgan fingerprint density at radius 2 is 1.97 bits per heavy atom. The highest BCUT2D eigenvalue weighted by atomic mass is 16.5. The molecule has 2 atom stereocenters. The molecule has 3 amide bonds. The third-order valence-electron chi connectivity index (χ3n) is 7.04. The van der Waals surface area contributed by atoms with Gasteiger partial charge in [-0.05, 0) is 62.6 Å². The van der Waals surface area contributed by atoms with Crippen LogP contribution in [0, 0.1) is 25.2 Å². The fourth-order valence-electron chi connectivity index (χ4n) is 5.93. The first-order valence-corrected chi connectivity index (χ1v) is 11.9. The number of ketones is 1. The highest BCUT2D eigenvalue weighted by Gasteiger charge is 2.56. The normalized spacial score (nSPS) is 23.6. The highest BCUT2D eigenvalue weighted by molar-refractivity contribution is 6.09. The van der Waals surface area contributed by atoms with Crippen LogP contribution in [0.15, 0.2) is 28.9 Å². The molecule has 2 unspecified atom stereocenters. The van der Waals surface area contributed by atoms with Gasteiger partial charge in [0.15, 0.2) is 6.61 Å². The number of aryl methyl sites for hydroxylation is 1. The maximum atomic E-state index is 13.2. The fraction of sp³-hybridized carbons (Fsp3) is 0.538. The van der Waals surface area contributed by atoms with E-state index in [0.29, 0.717) is 24.9 Å². The molecular formula is C26H33N3O6. The summed E-state index contributed by atoms with van der Waals surface area (Å²) in [5.41, 5.74) is 0.981. The summed E-state index contributed by atoms with van der Waals surface area (Å²) in [6.45, 7) is 9.44. The summed E-state index contributed by atoms with van der Waals surface area (Å²) in [5, 5.41) is 2.84. The monoisotopic (exact) mass is 483 g/mol. The third-order valence-corrected chi connectivity index (χ3v) is 7.04. The van der Waals surface area contributed by atoms with Crippen molar-refractivity contribution in [1.29, 1.82) is 0 Å². The molecule has 2 aromatic heterocycles. The van der Waals surface area contributed by atoms with Crippen LogP contribution < -0.4 is 5.32 Å². The Morgan fingerprint density at radius 1 is 1.23 bits per heavy atom. The molecule has 4 rings (SSSR count). The maximum absolute atomic E-state index is 13.2. The number of furan rings is 1. The van der Waals surface area contributed by atoms with Crippen molar-refractivity contribution in [2.75, 3.05) is 13.2 Å². The SMILES string of the molecule is Cc1cc(C(=O)COC(=O)CN2C(=O)NC3(CC(C)CC(C)(C)C3)C2=O)c(C)n1Cc1ccco1. The van der Waals surface area contributed by atoms with Crippen LogP contribution in [0.2, 0.25) is 0 Å². The second-order valence-corrected chi connectivity index (χ2v) is 10.8. The molecule has 0 aromatic carbocycles. The molecule has 2 aromatic rings. The van der Waals surface area contributed by atoms with Crippen molar-refractivity contribution < 1.29 is 28.3 Å². The molecule has 1 saturated heterocycles. The molecule has 0 bridgehead atoms. The number of hydrogen-bond donors (Lipinski definition) is 1. The lowest BCUT2D eigenvalue weighted by molar-refractivity contribution is -0.147. The highest BCUT2D eigenvalue weighted by Crippen LogP contribution is 2.46. The van der Waals surface area contributed by atoms with Crippen LogP contribution in [-0.4, -0.2) is 51.8 Å². The Labute approximate surface area is 204 Å². The van der Waals surface area contributed by atoms with Crippen molar-refractivity contribution in [2.45, 2.75) is 66.0 Å². The summed E-state index contributed by atoms with van der Waals surface area (Å²) in [7, 11) is 0. The Bertz CT molecular complexity index is 1160. The molecule has 1 N–H and O–H groups in total. The van der Waals surface area contributed by atoms with Crippen molar-refractivity contribution in [3.05, 3.63) is 47.2 Å². The van der Waals surface area contributed by atoms with E-state index < -0.39 is 36.6 Å². The zero-order valence-corrected chi connectivity index (χ0v) is 21.0. The summed E-state index contributed by atoms with van der Waals surface area (Å²) in [4.78, 5) is 52.0. The maximum Gasteiger partial charge on any atom is 0.326 e. The van der Waals surface area contributed by atoms with E-state index in [1.54, 1.807) is 18.4 Å². The number of hydrogen-bond acceptors (Lipinski definition) is 6. The predicted molar refractivity (Wildman–Crippen MR) is 127 cm³/mol. The molecule has 3 heterocycles. The molecule has 188 valence electrons. The van der Waals surface area contributed by atoms with Gasteiger partial charge in [-0.15, -0.1) is 0 Å². The molecule has 2 aliphatic rings. The van der Waals surface area contributed by atoms with E-state index in [4.69, 9.17) is 9.15 Å². The van der Waals surface area contributed by atoms with Crippen LogP contribution >= 0.6 is 0 Å². The van der Waals surface area contributed by atoms with Gasteiger partial charge in [-0.3, -0.25) is 19.3 Å². The molecule has 1 aliphatic carbocycles. The largest absolute Gasteiger partial charge is 0.467 e. The number of aromatic nitrogens is 1. The van der Waals surface area contributed by atoms with E-state index in [1.165, 1.54) is 0 Å². The van der Waals surface area contributed by atoms with Crippen LogP contribution in [0.4, 0.5) is 4.79 Å². The summed E-state index contributed by atoms with van der Waals surface area (Å²) < 4.78 is 12.5. The minimum atomic E-state index is -0.986. The second-order valence-electron chi connectivity index (χ2n) is 10.8. The van der Waals surface area contributed by atoms with Crippen molar-refractivity contribution in [3.8, 4) is 0 Å². The summed E-state index contributed by atoms with van der Waals surface area (Å²) >= 11 is 0. The van der Waals surface area contributed by atoms with Gasteiger partial charge in [-0.2, -0.15) is 0 Å². The zero-order valence-electron chi connectivity index (χ0n) is 21.0. The van der Waals surface area contributed by atoms with E-state index in [1.807, 2.05) is 24.5 Å². The molecular weight excluding hydrogens is 450 g/mol. The van der Waals surface area contributed by atoms with Crippen molar-refractivity contribution in [2.24, 2.45) is 11.3 Å². The van der Waals surface area contributed by atoms with E-state index in [-0.39, 0.29) is 17.1 Å². The molecule has 1 saturated carbocycles. The zero-order chi connectivity index (χ0) is 25.5. The van der Waals surface area contributed by atoms with Crippen LogP contribution in [-0.2, 0) is 20.9 Å². The van der Waals surface area contributed by atoms with E-state index in [0.717, 1.165) is 28.5 Å². The fourth-order valence-corrected chi connectivity index (χ4v) is 5.93. The predicted octanol–water partition coefficient (Wildman–Crippen LogP) is 3.61. The number of carbonyl (C=O) groups is 4. The number of rotatable bonds is 7. The average Bonchev–Trinajstić information content (AvgIpc) is 3.42. The molecule has 35 heavy (non-hydrogen) atoms. The Balaban J connectivity index is 1.37. The summed E-state index contributed by atoms with van der Waals surface area (Å²) in [6, 6.07) is 4.82. The van der Waals surface area contributed by atoms with Gasteiger partial charge in [-0.25, -0.2) is 4.79 Å². The molecule has 9 nitrogen and oxygen atoms in total. The number of amides is 3. The van der Waals surface area contributed by atoms with Crippen molar-refractivity contribution in [1.82, 2.24) is 14.8 Å². The number of urea groups is 1. The quantitative estimate of drug-likeness (QED) is 0.366. The lowest BCUT2D eigenvalue weighted by atomic mass is 9.64. The van der Waals surface area contributed by atoms with Crippen LogP contribution in [0.25, 0.3) is 0 Å². The van der Waals surface area contributed by atoms with E-state index >= 15 is 0 Å². The molecule has 1 aliphatic heterocycles. The minimum Gasteiger partial charge on any atom is -0.467 e.